The van der Waals surface area contributed by atoms with E-state index in [1.165, 1.54) is 54.1 Å². The average Bonchev–Trinajstić information content (AvgIpc) is 3.78. The van der Waals surface area contributed by atoms with Crippen molar-refractivity contribution in [3.05, 3.63) is 194 Å². The standard InChI is InChI=1S/C52H32N4/c1-4-16-35(17-5-1)51-52(36-18-6-2-7-19-36)54-44-30-38(26-27-43(44)53-51)56-46-29-25-34-15-11-13-23-40(34)50(46)42-31-41-47(32-48(42)56)55(37-20-8-3-9-21-37)45-28-24-33-14-10-12-22-39(33)49(41)45/h1-32H. The molecule has 4 heteroatoms. The zero-order valence-corrected chi connectivity index (χ0v) is 30.3. The number of para-hydroxylation sites is 1. The molecule has 0 bridgehead atoms. The smallest absolute Gasteiger partial charge is 0.0973 e. The number of nitrogens with zero attached hydrogens (tertiary/aromatic N) is 4. The second-order valence-electron chi connectivity index (χ2n) is 14.6. The summed E-state index contributed by atoms with van der Waals surface area (Å²) in [4.78, 5) is 10.7. The van der Waals surface area contributed by atoms with Crippen LogP contribution in [0.3, 0.4) is 0 Å². The lowest BCUT2D eigenvalue weighted by Gasteiger charge is -2.13. The number of aromatic nitrogens is 4. The van der Waals surface area contributed by atoms with Gasteiger partial charge >= 0.3 is 0 Å². The fraction of sp³-hybridized carbons (Fsp3) is 0. The molecule has 0 atom stereocenters. The lowest BCUT2D eigenvalue weighted by atomic mass is 10.0. The highest BCUT2D eigenvalue weighted by atomic mass is 15.0. The molecule has 12 aromatic rings. The first-order valence-electron chi connectivity index (χ1n) is 19.1. The van der Waals surface area contributed by atoms with Gasteiger partial charge in [-0.15, -0.1) is 0 Å². The first-order valence-corrected chi connectivity index (χ1v) is 19.1. The van der Waals surface area contributed by atoms with Gasteiger partial charge in [0.2, 0.25) is 0 Å². The van der Waals surface area contributed by atoms with Crippen LogP contribution in [0.1, 0.15) is 0 Å². The molecule has 3 aromatic heterocycles. The van der Waals surface area contributed by atoms with Crippen molar-refractivity contribution < 1.29 is 0 Å². The Balaban J connectivity index is 1.21. The highest BCUT2D eigenvalue weighted by Gasteiger charge is 2.22. The molecule has 0 amide bonds. The van der Waals surface area contributed by atoms with Crippen LogP contribution in [0, 0.1) is 0 Å². The van der Waals surface area contributed by atoms with Crippen molar-refractivity contribution in [2.45, 2.75) is 0 Å². The summed E-state index contributed by atoms with van der Waals surface area (Å²) in [6.07, 6.45) is 0. The molecular formula is C52H32N4. The Morgan fingerprint density at radius 2 is 0.786 bits per heavy atom. The summed E-state index contributed by atoms with van der Waals surface area (Å²) in [5.41, 5.74) is 12.4. The Kier molecular flexibility index (Phi) is 6.60. The van der Waals surface area contributed by atoms with E-state index in [1.54, 1.807) is 0 Å². The largest absolute Gasteiger partial charge is 0.309 e. The molecule has 0 saturated heterocycles. The van der Waals surface area contributed by atoms with E-state index in [9.17, 15) is 0 Å². The molecule has 0 aliphatic carbocycles. The van der Waals surface area contributed by atoms with Gasteiger partial charge in [0.15, 0.2) is 0 Å². The molecule has 0 aliphatic rings. The van der Waals surface area contributed by atoms with Gasteiger partial charge in [0.05, 0.1) is 44.5 Å². The van der Waals surface area contributed by atoms with E-state index in [1.807, 2.05) is 12.1 Å². The molecule has 0 saturated carbocycles. The van der Waals surface area contributed by atoms with Crippen molar-refractivity contribution in [3.8, 4) is 33.9 Å². The topological polar surface area (TPSA) is 35.6 Å². The quantitative estimate of drug-likeness (QED) is 0.182. The third-order valence-electron chi connectivity index (χ3n) is 11.4. The predicted octanol–water partition coefficient (Wildman–Crippen LogP) is 13.5. The van der Waals surface area contributed by atoms with E-state index in [2.05, 4.69) is 191 Å². The van der Waals surface area contributed by atoms with E-state index in [0.29, 0.717) is 0 Å². The minimum atomic E-state index is 0.850. The van der Waals surface area contributed by atoms with Gasteiger partial charge in [0.1, 0.15) is 0 Å². The average molecular weight is 713 g/mol. The number of fused-ring (bicyclic) bond motifs is 11. The van der Waals surface area contributed by atoms with Crippen LogP contribution in [0.15, 0.2) is 194 Å². The third kappa shape index (κ3) is 4.53. The summed E-state index contributed by atoms with van der Waals surface area (Å²) >= 11 is 0. The monoisotopic (exact) mass is 712 g/mol. The Hall–Kier alpha value is -7.56. The van der Waals surface area contributed by atoms with Gasteiger partial charge in [-0.1, -0.05) is 140 Å². The van der Waals surface area contributed by atoms with Crippen molar-refractivity contribution in [1.29, 1.82) is 0 Å². The summed E-state index contributed by atoms with van der Waals surface area (Å²) in [7, 11) is 0. The van der Waals surface area contributed by atoms with Crippen molar-refractivity contribution in [1.82, 2.24) is 19.1 Å². The maximum atomic E-state index is 5.38. The summed E-state index contributed by atoms with van der Waals surface area (Å²) in [5, 5.41) is 9.94. The first-order chi connectivity index (χ1) is 27.8. The van der Waals surface area contributed by atoms with Crippen LogP contribution in [0.2, 0.25) is 0 Å². The number of rotatable bonds is 4. The van der Waals surface area contributed by atoms with Crippen LogP contribution in [0.25, 0.3) is 110 Å². The van der Waals surface area contributed by atoms with Crippen molar-refractivity contribution in [2.24, 2.45) is 0 Å². The van der Waals surface area contributed by atoms with E-state index >= 15 is 0 Å². The van der Waals surface area contributed by atoms with Gasteiger partial charge < -0.3 is 9.13 Å². The molecular weight excluding hydrogens is 681 g/mol. The van der Waals surface area contributed by atoms with Gasteiger partial charge in [-0.25, -0.2) is 9.97 Å². The molecule has 0 radical (unpaired) electrons. The van der Waals surface area contributed by atoms with Crippen LogP contribution in [-0.4, -0.2) is 19.1 Å². The Morgan fingerprint density at radius 1 is 0.304 bits per heavy atom. The zero-order valence-electron chi connectivity index (χ0n) is 30.3. The maximum absolute atomic E-state index is 5.38. The number of hydrogen-bond donors (Lipinski definition) is 0. The van der Waals surface area contributed by atoms with Crippen LogP contribution in [-0.2, 0) is 0 Å². The van der Waals surface area contributed by atoms with Crippen molar-refractivity contribution >= 4 is 76.2 Å². The Morgan fingerprint density at radius 3 is 1.36 bits per heavy atom. The molecule has 4 nitrogen and oxygen atoms in total. The van der Waals surface area contributed by atoms with Crippen LogP contribution < -0.4 is 0 Å². The molecule has 3 heterocycles. The molecule has 56 heavy (non-hydrogen) atoms. The minimum Gasteiger partial charge on any atom is -0.309 e. The molecule has 0 N–H and O–H groups in total. The van der Waals surface area contributed by atoms with E-state index in [4.69, 9.17) is 9.97 Å². The fourth-order valence-electron chi connectivity index (χ4n) is 8.98. The number of benzene rings is 9. The van der Waals surface area contributed by atoms with E-state index < -0.39 is 0 Å². The lowest BCUT2D eigenvalue weighted by Crippen LogP contribution is -1.99. The zero-order chi connectivity index (χ0) is 36.7. The summed E-state index contributed by atoms with van der Waals surface area (Å²) < 4.78 is 4.86. The minimum absolute atomic E-state index is 0.850. The third-order valence-corrected chi connectivity index (χ3v) is 11.4. The van der Waals surface area contributed by atoms with E-state index in [0.717, 1.165) is 56.0 Å². The van der Waals surface area contributed by atoms with Gasteiger partial charge in [0, 0.05) is 44.0 Å². The van der Waals surface area contributed by atoms with Gasteiger partial charge in [-0.05, 0) is 76.1 Å². The van der Waals surface area contributed by atoms with Crippen LogP contribution in [0.4, 0.5) is 0 Å². The van der Waals surface area contributed by atoms with Crippen LogP contribution >= 0.6 is 0 Å². The summed E-state index contributed by atoms with van der Waals surface area (Å²) in [6.45, 7) is 0. The Labute approximate surface area is 322 Å². The second kappa shape index (κ2) is 12.0. The van der Waals surface area contributed by atoms with Gasteiger partial charge in [0.25, 0.3) is 0 Å². The molecule has 0 spiro atoms. The normalized spacial score (nSPS) is 11.9. The van der Waals surface area contributed by atoms with E-state index in [-0.39, 0.29) is 0 Å². The maximum Gasteiger partial charge on any atom is 0.0973 e. The Bertz CT molecular complexity index is 3510. The van der Waals surface area contributed by atoms with Crippen molar-refractivity contribution in [3.63, 3.8) is 0 Å². The second-order valence-corrected chi connectivity index (χ2v) is 14.6. The van der Waals surface area contributed by atoms with Crippen LogP contribution in [0.5, 0.6) is 0 Å². The lowest BCUT2D eigenvalue weighted by molar-refractivity contribution is 1.16. The predicted molar refractivity (Wildman–Crippen MR) is 234 cm³/mol. The fourth-order valence-corrected chi connectivity index (χ4v) is 8.98. The highest BCUT2D eigenvalue weighted by molar-refractivity contribution is 6.28. The SMILES string of the molecule is c1ccc(-c2nc3ccc(-n4c5cc6c(cc5c5c7ccccc7ccc54)c4c5ccccc5ccc4n6-c4ccccc4)cc3nc2-c2ccccc2)cc1. The molecule has 0 unspecified atom stereocenters. The first kappa shape index (κ1) is 30.9. The van der Waals surface area contributed by atoms with Crippen molar-refractivity contribution in [2.75, 3.05) is 0 Å². The molecule has 9 aromatic carbocycles. The highest BCUT2D eigenvalue weighted by Crippen LogP contribution is 2.44. The summed E-state index contributed by atoms with van der Waals surface area (Å²) in [5.74, 6) is 0. The molecule has 12 rings (SSSR count). The molecule has 0 aliphatic heterocycles. The molecule has 260 valence electrons. The number of hydrogen-bond acceptors (Lipinski definition) is 2. The van der Waals surface area contributed by atoms with Gasteiger partial charge in [-0.2, -0.15) is 0 Å². The van der Waals surface area contributed by atoms with Gasteiger partial charge in [-0.3, -0.25) is 0 Å². The summed E-state index contributed by atoms with van der Waals surface area (Å²) in [6, 6.07) is 69.5. The molecule has 0 fully saturated rings.